The molecule has 0 fully saturated rings. The molecular formula is C23H26N2O2. The van der Waals surface area contributed by atoms with Gasteiger partial charge < -0.3 is 20.8 Å². The average molecular weight is 362 g/mol. The lowest BCUT2D eigenvalue weighted by Crippen LogP contribution is -2.39. The molecule has 3 aromatic carbocycles. The fourth-order valence-electron chi connectivity index (χ4n) is 3.07. The third-order valence-electron chi connectivity index (χ3n) is 4.60. The Morgan fingerprint density at radius 2 is 1.22 bits per heavy atom. The first kappa shape index (κ1) is 19.0. The predicted molar refractivity (Wildman–Crippen MR) is 109 cm³/mol. The quantitative estimate of drug-likeness (QED) is 0.470. The van der Waals surface area contributed by atoms with Gasteiger partial charge in [0.1, 0.15) is 11.5 Å². The summed E-state index contributed by atoms with van der Waals surface area (Å²) in [6.45, 7) is 1.95. The van der Waals surface area contributed by atoms with E-state index >= 15 is 0 Å². The number of phenols is 2. The Labute approximate surface area is 160 Å². The predicted octanol–water partition coefficient (Wildman–Crippen LogP) is 3.59. The zero-order chi connectivity index (χ0) is 18.9. The Bertz CT molecular complexity index is 837. The molecule has 0 aliphatic rings. The van der Waals surface area contributed by atoms with Gasteiger partial charge in [0.15, 0.2) is 0 Å². The number of rotatable bonds is 9. The van der Waals surface area contributed by atoms with Crippen LogP contribution in [0.25, 0.3) is 0 Å². The SMILES string of the molecule is Oc1ccccc1CNCC(Cc1ccccc1)NCc1ccccc1O. The lowest BCUT2D eigenvalue weighted by Gasteiger charge is -2.20. The summed E-state index contributed by atoms with van der Waals surface area (Å²) in [5.41, 5.74) is 3.03. The lowest BCUT2D eigenvalue weighted by atomic mass is 10.0. The molecule has 140 valence electrons. The number of phenolic OH excluding ortho intramolecular Hbond substituents is 2. The molecule has 0 spiro atoms. The first-order chi connectivity index (χ1) is 13.2. The first-order valence-electron chi connectivity index (χ1n) is 9.24. The molecule has 0 saturated heterocycles. The van der Waals surface area contributed by atoms with Gasteiger partial charge in [0.2, 0.25) is 0 Å². The van der Waals surface area contributed by atoms with E-state index in [-0.39, 0.29) is 6.04 Å². The van der Waals surface area contributed by atoms with Crippen molar-refractivity contribution in [2.75, 3.05) is 6.54 Å². The summed E-state index contributed by atoms with van der Waals surface area (Å²) in [5.74, 6) is 0.623. The van der Waals surface area contributed by atoms with Crippen molar-refractivity contribution in [3.63, 3.8) is 0 Å². The Morgan fingerprint density at radius 1 is 0.667 bits per heavy atom. The maximum Gasteiger partial charge on any atom is 0.120 e. The van der Waals surface area contributed by atoms with Gasteiger partial charge in [-0.2, -0.15) is 0 Å². The van der Waals surface area contributed by atoms with Gasteiger partial charge in [0, 0.05) is 36.8 Å². The fourth-order valence-corrected chi connectivity index (χ4v) is 3.07. The third-order valence-corrected chi connectivity index (χ3v) is 4.60. The van der Waals surface area contributed by atoms with Crippen LogP contribution in [0.5, 0.6) is 11.5 Å². The molecule has 1 unspecified atom stereocenters. The maximum absolute atomic E-state index is 9.99. The molecular weight excluding hydrogens is 336 g/mol. The summed E-state index contributed by atoms with van der Waals surface area (Å²) in [5, 5.41) is 26.9. The number of nitrogens with one attached hydrogen (secondary N) is 2. The summed E-state index contributed by atoms with van der Waals surface area (Å²) in [4.78, 5) is 0. The van der Waals surface area contributed by atoms with Crippen LogP contribution in [-0.4, -0.2) is 22.8 Å². The van der Waals surface area contributed by atoms with Crippen molar-refractivity contribution < 1.29 is 10.2 Å². The lowest BCUT2D eigenvalue weighted by molar-refractivity contribution is 0.437. The largest absolute Gasteiger partial charge is 0.508 e. The number of hydrogen-bond acceptors (Lipinski definition) is 4. The second-order valence-electron chi connectivity index (χ2n) is 6.66. The highest BCUT2D eigenvalue weighted by Crippen LogP contribution is 2.16. The van der Waals surface area contributed by atoms with Crippen LogP contribution < -0.4 is 10.6 Å². The summed E-state index contributed by atoms with van der Waals surface area (Å²) in [6, 6.07) is 25.3. The van der Waals surface area contributed by atoms with Gasteiger partial charge in [-0.05, 0) is 24.1 Å². The van der Waals surface area contributed by atoms with Gasteiger partial charge in [-0.3, -0.25) is 0 Å². The normalized spacial score (nSPS) is 12.0. The van der Waals surface area contributed by atoms with E-state index in [2.05, 4.69) is 22.8 Å². The van der Waals surface area contributed by atoms with E-state index in [0.717, 1.165) is 24.1 Å². The highest BCUT2D eigenvalue weighted by Gasteiger charge is 2.11. The number of hydrogen-bond donors (Lipinski definition) is 4. The number of para-hydroxylation sites is 2. The maximum atomic E-state index is 9.99. The molecule has 3 aromatic rings. The van der Waals surface area contributed by atoms with Crippen molar-refractivity contribution in [3.8, 4) is 11.5 Å². The van der Waals surface area contributed by atoms with Crippen LogP contribution in [0, 0.1) is 0 Å². The molecule has 1 atom stereocenters. The second-order valence-corrected chi connectivity index (χ2v) is 6.66. The van der Waals surface area contributed by atoms with Crippen LogP contribution in [0.3, 0.4) is 0 Å². The summed E-state index contributed by atoms with van der Waals surface area (Å²) < 4.78 is 0. The van der Waals surface area contributed by atoms with Crippen LogP contribution >= 0.6 is 0 Å². The number of aromatic hydroxyl groups is 2. The summed E-state index contributed by atoms with van der Waals surface area (Å²) in [7, 11) is 0. The molecule has 0 radical (unpaired) electrons. The van der Waals surface area contributed by atoms with Crippen molar-refractivity contribution in [2.45, 2.75) is 25.6 Å². The Kier molecular flexibility index (Phi) is 6.85. The molecule has 3 rings (SSSR count). The van der Waals surface area contributed by atoms with E-state index in [1.54, 1.807) is 12.1 Å². The van der Waals surface area contributed by atoms with Gasteiger partial charge >= 0.3 is 0 Å². The van der Waals surface area contributed by atoms with Crippen LogP contribution in [0.1, 0.15) is 16.7 Å². The molecule has 4 heteroatoms. The fraction of sp³-hybridized carbons (Fsp3) is 0.217. The van der Waals surface area contributed by atoms with Crippen LogP contribution in [-0.2, 0) is 19.5 Å². The first-order valence-corrected chi connectivity index (χ1v) is 9.24. The van der Waals surface area contributed by atoms with Crippen molar-refractivity contribution in [1.82, 2.24) is 10.6 Å². The standard InChI is InChI=1S/C23H26N2O2/c26-22-12-6-4-10-19(22)15-24-17-21(14-18-8-2-1-3-9-18)25-16-20-11-5-7-13-23(20)27/h1-13,21,24-27H,14-17H2. The minimum absolute atomic E-state index is 0.192. The van der Waals surface area contributed by atoms with Gasteiger partial charge in [-0.25, -0.2) is 0 Å². The molecule has 4 N–H and O–H groups in total. The average Bonchev–Trinajstić information content (AvgIpc) is 2.69. The van der Waals surface area contributed by atoms with Crippen molar-refractivity contribution in [2.24, 2.45) is 0 Å². The molecule has 0 saturated carbocycles. The smallest absolute Gasteiger partial charge is 0.120 e. The minimum atomic E-state index is 0.192. The molecule has 0 aromatic heterocycles. The van der Waals surface area contributed by atoms with E-state index in [9.17, 15) is 10.2 Å². The Balaban J connectivity index is 1.60. The monoisotopic (exact) mass is 362 g/mol. The van der Waals surface area contributed by atoms with Crippen LogP contribution in [0.15, 0.2) is 78.9 Å². The summed E-state index contributed by atoms with van der Waals surface area (Å²) >= 11 is 0. The molecule has 0 amide bonds. The Hall–Kier alpha value is -2.82. The zero-order valence-corrected chi connectivity index (χ0v) is 15.3. The highest BCUT2D eigenvalue weighted by molar-refractivity contribution is 5.32. The van der Waals surface area contributed by atoms with Crippen LogP contribution in [0.4, 0.5) is 0 Å². The van der Waals surface area contributed by atoms with Gasteiger partial charge in [-0.1, -0.05) is 66.7 Å². The molecule has 27 heavy (non-hydrogen) atoms. The minimum Gasteiger partial charge on any atom is -0.508 e. The van der Waals surface area contributed by atoms with Gasteiger partial charge in [0.05, 0.1) is 0 Å². The van der Waals surface area contributed by atoms with Crippen molar-refractivity contribution in [1.29, 1.82) is 0 Å². The van der Waals surface area contributed by atoms with E-state index < -0.39 is 0 Å². The second kappa shape index (κ2) is 9.76. The topological polar surface area (TPSA) is 64.5 Å². The van der Waals surface area contributed by atoms with E-state index in [4.69, 9.17) is 0 Å². The van der Waals surface area contributed by atoms with Crippen LogP contribution in [0.2, 0.25) is 0 Å². The van der Waals surface area contributed by atoms with Crippen molar-refractivity contribution in [3.05, 3.63) is 95.6 Å². The van der Waals surface area contributed by atoms with Crippen molar-refractivity contribution >= 4 is 0 Å². The van der Waals surface area contributed by atoms with E-state index in [1.165, 1.54) is 5.56 Å². The molecule has 0 aliphatic carbocycles. The molecule has 0 heterocycles. The molecule has 0 aliphatic heterocycles. The summed E-state index contributed by atoms with van der Waals surface area (Å²) in [6.07, 6.45) is 0.877. The highest BCUT2D eigenvalue weighted by atomic mass is 16.3. The van der Waals surface area contributed by atoms with E-state index in [1.807, 2.05) is 54.6 Å². The Morgan fingerprint density at radius 3 is 1.85 bits per heavy atom. The molecule has 0 bridgehead atoms. The zero-order valence-electron chi connectivity index (χ0n) is 15.3. The third kappa shape index (κ3) is 5.84. The van der Waals surface area contributed by atoms with Gasteiger partial charge in [0.25, 0.3) is 0 Å². The van der Waals surface area contributed by atoms with E-state index in [0.29, 0.717) is 24.6 Å². The number of benzene rings is 3. The van der Waals surface area contributed by atoms with Gasteiger partial charge in [-0.15, -0.1) is 0 Å². The molecule has 4 nitrogen and oxygen atoms in total.